The largest absolute Gasteiger partial charge is 0.293 e. The molecule has 0 bridgehead atoms. The van der Waals surface area contributed by atoms with Crippen LogP contribution < -0.4 is 0 Å². The molecule has 0 amide bonds. The van der Waals surface area contributed by atoms with E-state index in [9.17, 15) is 4.79 Å². The molecule has 1 N–H and O–H groups in total. The molecule has 0 unspecified atom stereocenters. The monoisotopic (exact) mass is 487 g/mol. The number of aromatic amines is 1. The summed E-state index contributed by atoms with van der Waals surface area (Å²) in [7, 11) is 0. The Morgan fingerprint density at radius 3 is 2.46 bits per heavy atom. The van der Waals surface area contributed by atoms with Crippen molar-refractivity contribution in [1.82, 2.24) is 15.2 Å². The van der Waals surface area contributed by atoms with E-state index in [0.717, 1.165) is 10.0 Å². The van der Waals surface area contributed by atoms with Gasteiger partial charge in [-0.25, -0.2) is 4.98 Å². The summed E-state index contributed by atoms with van der Waals surface area (Å²) in [5.74, 6) is 0.972. The average Bonchev–Trinajstić information content (AvgIpc) is 3.03. The zero-order valence-electron chi connectivity index (χ0n) is 12.2. The predicted molar refractivity (Wildman–Crippen MR) is 106 cm³/mol. The minimum Gasteiger partial charge on any atom is -0.293 e. The second kappa shape index (κ2) is 8.80. The minimum atomic E-state index is 0. The highest BCUT2D eigenvalue weighted by molar-refractivity contribution is 9.10. The van der Waals surface area contributed by atoms with Crippen molar-refractivity contribution in [3.05, 3.63) is 63.6 Å². The van der Waals surface area contributed by atoms with Gasteiger partial charge in [0.15, 0.2) is 11.6 Å². The molecule has 3 aromatic rings. The first-order chi connectivity index (χ1) is 11.1. The topological polar surface area (TPSA) is 58.6 Å². The van der Waals surface area contributed by atoms with Crippen LogP contribution >= 0.6 is 56.3 Å². The number of nitrogens with zero attached hydrogens (tertiary/aromatic N) is 2. The molecule has 8 heteroatoms. The maximum Gasteiger partial charge on any atom is 0.209 e. The van der Waals surface area contributed by atoms with E-state index in [2.05, 4.69) is 31.1 Å². The number of H-pyrrole nitrogens is 1. The van der Waals surface area contributed by atoms with E-state index >= 15 is 0 Å². The Kier molecular flexibility index (Phi) is 7.03. The van der Waals surface area contributed by atoms with Gasteiger partial charge in [-0.15, -0.1) is 22.1 Å². The molecule has 0 saturated heterocycles. The second-order valence-corrected chi connectivity index (χ2v) is 6.99. The Balaban J connectivity index is 0.00000208. The van der Waals surface area contributed by atoms with Gasteiger partial charge in [-0.2, -0.15) is 0 Å². The van der Waals surface area contributed by atoms with Crippen molar-refractivity contribution in [2.75, 3.05) is 5.75 Å². The van der Waals surface area contributed by atoms with Gasteiger partial charge >= 0.3 is 0 Å². The fourth-order valence-electron chi connectivity index (χ4n) is 1.90. The minimum absolute atomic E-state index is 0. The van der Waals surface area contributed by atoms with Crippen LogP contribution in [0.4, 0.5) is 0 Å². The van der Waals surface area contributed by atoms with Crippen LogP contribution in [0, 0.1) is 0 Å². The molecule has 0 aliphatic rings. The standard InChI is InChI=1S/C16H11BrClN3OS.BrH/c17-12-5-1-11(2-6-12)15-19-16(21-20-15)23-9-14(22)10-3-7-13(18)8-4-10;/h1-8H,9H2,(H,19,20,21);1H. The maximum atomic E-state index is 12.1. The van der Waals surface area contributed by atoms with Gasteiger partial charge in [0.2, 0.25) is 5.16 Å². The quantitative estimate of drug-likeness (QED) is 0.383. The van der Waals surface area contributed by atoms with Crippen molar-refractivity contribution in [3.8, 4) is 11.4 Å². The van der Waals surface area contributed by atoms with Gasteiger partial charge in [-0.05, 0) is 36.4 Å². The highest BCUT2D eigenvalue weighted by Crippen LogP contribution is 2.22. The summed E-state index contributed by atoms with van der Waals surface area (Å²) in [4.78, 5) is 16.5. The van der Waals surface area contributed by atoms with E-state index in [1.165, 1.54) is 11.8 Å². The Labute approximate surface area is 167 Å². The molecule has 24 heavy (non-hydrogen) atoms. The molecule has 4 nitrogen and oxygen atoms in total. The van der Waals surface area contributed by atoms with Gasteiger partial charge in [-0.1, -0.05) is 51.4 Å². The summed E-state index contributed by atoms with van der Waals surface area (Å²) in [6.45, 7) is 0. The lowest BCUT2D eigenvalue weighted by molar-refractivity contribution is 0.102. The highest BCUT2D eigenvalue weighted by Gasteiger charge is 2.10. The molecule has 0 aliphatic carbocycles. The van der Waals surface area contributed by atoms with Crippen LogP contribution in [0.1, 0.15) is 10.4 Å². The number of rotatable bonds is 5. The van der Waals surface area contributed by atoms with E-state index < -0.39 is 0 Å². The average molecular weight is 490 g/mol. The number of thioether (sulfide) groups is 1. The molecular formula is C16H12Br2ClN3OS. The molecule has 0 saturated carbocycles. The van der Waals surface area contributed by atoms with Crippen LogP contribution in [0.5, 0.6) is 0 Å². The third-order valence-corrected chi connectivity index (χ3v) is 4.71. The number of ketones is 1. The van der Waals surface area contributed by atoms with Crippen molar-refractivity contribution in [3.63, 3.8) is 0 Å². The molecular weight excluding hydrogens is 478 g/mol. The van der Waals surface area contributed by atoms with Gasteiger partial charge in [0.1, 0.15) is 0 Å². The first-order valence-electron chi connectivity index (χ1n) is 6.72. The summed E-state index contributed by atoms with van der Waals surface area (Å²) >= 11 is 10.5. The van der Waals surface area contributed by atoms with Crippen molar-refractivity contribution < 1.29 is 4.79 Å². The van der Waals surface area contributed by atoms with Crippen LogP contribution in [0.2, 0.25) is 5.02 Å². The second-order valence-electron chi connectivity index (χ2n) is 4.69. The van der Waals surface area contributed by atoms with Crippen LogP contribution in [0.25, 0.3) is 11.4 Å². The van der Waals surface area contributed by atoms with E-state index in [-0.39, 0.29) is 28.5 Å². The van der Waals surface area contributed by atoms with Crippen LogP contribution in [0.3, 0.4) is 0 Å². The fourth-order valence-corrected chi connectivity index (χ4v) is 2.98. The summed E-state index contributed by atoms with van der Waals surface area (Å²) in [6, 6.07) is 14.6. The normalized spacial score (nSPS) is 10.2. The highest BCUT2D eigenvalue weighted by atomic mass is 79.9. The Hall–Kier alpha value is -1.15. The molecule has 0 radical (unpaired) electrons. The number of benzene rings is 2. The summed E-state index contributed by atoms with van der Waals surface area (Å²) in [5.41, 5.74) is 1.57. The summed E-state index contributed by atoms with van der Waals surface area (Å²) in [6.07, 6.45) is 0. The van der Waals surface area contributed by atoms with Gasteiger partial charge in [0.05, 0.1) is 5.75 Å². The molecule has 0 atom stereocenters. The molecule has 3 rings (SSSR count). The predicted octanol–water partition coefficient (Wildman–Crippen LogP) is 5.44. The molecule has 1 aromatic heterocycles. The Bertz CT molecular complexity index is 822. The molecule has 0 fully saturated rings. The summed E-state index contributed by atoms with van der Waals surface area (Å²) < 4.78 is 1.00. The lowest BCUT2D eigenvalue weighted by Crippen LogP contribution is -2.02. The SMILES string of the molecule is Br.O=C(CSc1n[nH]c(-c2ccc(Br)cc2)n1)c1ccc(Cl)cc1. The van der Waals surface area contributed by atoms with Gasteiger partial charge in [0, 0.05) is 20.6 Å². The molecule has 1 heterocycles. The third kappa shape index (κ3) is 4.92. The molecule has 2 aromatic carbocycles. The number of halogens is 3. The van der Waals surface area contributed by atoms with Crippen molar-refractivity contribution in [2.24, 2.45) is 0 Å². The van der Waals surface area contributed by atoms with Crippen LogP contribution in [0.15, 0.2) is 58.2 Å². The number of hydrogen-bond donors (Lipinski definition) is 1. The molecule has 0 aliphatic heterocycles. The summed E-state index contributed by atoms with van der Waals surface area (Å²) in [5, 5.41) is 8.18. The van der Waals surface area contributed by atoms with Gasteiger partial charge in [-0.3, -0.25) is 9.89 Å². The maximum absolute atomic E-state index is 12.1. The van der Waals surface area contributed by atoms with E-state index in [0.29, 0.717) is 21.6 Å². The van der Waals surface area contributed by atoms with Crippen molar-refractivity contribution in [1.29, 1.82) is 0 Å². The number of aromatic nitrogens is 3. The van der Waals surface area contributed by atoms with Crippen LogP contribution in [-0.2, 0) is 0 Å². The lowest BCUT2D eigenvalue weighted by atomic mass is 10.1. The zero-order valence-corrected chi connectivity index (χ0v) is 17.1. The smallest absolute Gasteiger partial charge is 0.209 e. The van der Waals surface area contributed by atoms with Gasteiger partial charge < -0.3 is 0 Å². The number of carbonyl (C=O) groups excluding carboxylic acids is 1. The number of nitrogens with one attached hydrogen (secondary N) is 1. The van der Waals surface area contributed by atoms with E-state index in [1.807, 2.05) is 24.3 Å². The Morgan fingerprint density at radius 1 is 1.12 bits per heavy atom. The molecule has 0 spiro atoms. The van der Waals surface area contributed by atoms with Crippen molar-refractivity contribution in [2.45, 2.75) is 5.16 Å². The van der Waals surface area contributed by atoms with Gasteiger partial charge in [0.25, 0.3) is 0 Å². The first-order valence-corrected chi connectivity index (χ1v) is 8.87. The Morgan fingerprint density at radius 2 is 1.79 bits per heavy atom. The number of Topliss-reactive ketones (excluding diaryl/α,β-unsaturated/α-hetero) is 1. The lowest BCUT2D eigenvalue weighted by Gasteiger charge is -1.99. The first kappa shape index (κ1) is 19.2. The van der Waals surface area contributed by atoms with Crippen molar-refractivity contribution >= 4 is 62.1 Å². The molecule has 124 valence electrons. The van der Waals surface area contributed by atoms with E-state index in [4.69, 9.17) is 11.6 Å². The number of carbonyl (C=O) groups is 1. The van der Waals surface area contributed by atoms with E-state index in [1.54, 1.807) is 24.3 Å². The third-order valence-electron chi connectivity index (χ3n) is 3.08. The zero-order chi connectivity index (χ0) is 16.2. The number of hydrogen-bond acceptors (Lipinski definition) is 4. The van der Waals surface area contributed by atoms with Crippen LogP contribution in [-0.4, -0.2) is 26.7 Å². The fraction of sp³-hybridized carbons (Fsp3) is 0.0625.